The van der Waals surface area contributed by atoms with Gasteiger partial charge in [0.15, 0.2) is 0 Å². The summed E-state index contributed by atoms with van der Waals surface area (Å²) >= 11 is 1.44. The van der Waals surface area contributed by atoms with Gasteiger partial charge in [0.2, 0.25) is 5.91 Å². The van der Waals surface area contributed by atoms with E-state index in [1.807, 2.05) is 68.3 Å². The smallest absolute Gasteiger partial charge is 0.256 e. The van der Waals surface area contributed by atoms with E-state index in [0.29, 0.717) is 17.4 Å². The number of benzene rings is 2. The van der Waals surface area contributed by atoms with Crippen LogP contribution in [-0.2, 0) is 4.79 Å². The molecule has 4 nitrogen and oxygen atoms in total. The highest BCUT2D eigenvalue weighted by Gasteiger charge is 2.22. The van der Waals surface area contributed by atoms with Gasteiger partial charge in [-0.2, -0.15) is 0 Å². The molecule has 0 spiro atoms. The molecule has 2 amide bonds. The summed E-state index contributed by atoms with van der Waals surface area (Å²) in [6.07, 6.45) is 5.88. The van der Waals surface area contributed by atoms with E-state index in [0.717, 1.165) is 34.6 Å². The maximum Gasteiger partial charge on any atom is 0.256 e. The molecule has 0 atom stereocenters. The molecule has 2 aromatic rings. The molecule has 1 aliphatic rings. The number of hydrogen-bond donors (Lipinski definition) is 1. The second kappa shape index (κ2) is 9.97. The summed E-state index contributed by atoms with van der Waals surface area (Å²) in [6, 6.07) is 13.9. The predicted octanol–water partition coefficient (Wildman–Crippen LogP) is 5.44. The second-order valence-electron chi connectivity index (χ2n) is 7.85. The van der Waals surface area contributed by atoms with E-state index in [1.165, 1.54) is 31.0 Å². The summed E-state index contributed by atoms with van der Waals surface area (Å²) in [7, 11) is 1.91. The first-order valence-electron chi connectivity index (χ1n) is 10.3. The average molecular weight is 411 g/mol. The highest BCUT2D eigenvalue weighted by atomic mass is 32.2. The molecule has 3 rings (SSSR count). The van der Waals surface area contributed by atoms with Gasteiger partial charge in [0, 0.05) is 23.7 Å². The number of nitrogens with zero attached hydrogens (tertiary/aromatic N) is 1. The molecular formula is C24H30N2O2S. The van der Waals surface area contributed by atoms with E-state index in [9.17, 15) is 9.59 Å². The van der Waals surface area contributed by atoms with E-state index in [2.05, 4.69) is 5.32 Å². The molecule has 0 bridgehead atoms. The van der Waals surface area contributed by atoms with Crippen molar-refractivity contribution in [3.05, 3.63) is 59.2 Å². The average Bonchev–Trinajstić information content (AvgIpc) is 2.74. The third-order valence-electron chi connectivity index (χ3n) is 5.64. The number of nitrogens with one attached hydrogen (secondary N) is 1. The Morgan fingerprint density at radius 2 is 1.79 bits per heavy atom. The number of rotatable bonds is 6. The Balaban J connectivity index is 1.66. The fourth-order valence-corrected chi connectivity index (χ4v) is 4.73. The fourth-order valence-electron chi connectivity index (χ4n) is 3.75. The lowest BCUT2D eigenvalue weighted by Crippen LogP contribution is -2.39. The molecule has 0 saturated heterocycles. The third-order valence-corrected chi connectivity index (χ3v) is 6.70. The van der Waals surface area contributed by atoms with Crippen LogP contribution < -0.4 is 5.32 Å². The lowest BCUT2D eigenvalue weighted by molar-refractivity contribution is -0.129. The number of hydrogen-bond acceptors (Lipinski definition) is 3. The highest BCUT2D eigenvalue weighted by molar-refractivity contribution is 8.00. The SMILES string of the molecule is Cc1ccc(C)c(NC(=O)c2ccccc2SCC(=O)N(C)C2CCCCC2)c1. The van der Waals surface area contributed by atoms with Gasteiger partial charge in [-0.25, -0.2) is 0 Å². The van der Waals surface area contributed by atoms with Gasteiger partial charge in [0.25, 0.3) is 5.91 Å². The Kier molecular flexibility index (Phi) is 7.37. The standard InChI is InChI=1S/C24H30N2O2S/c1-17-13-14-18(2)21(15-17)25-24(28)20-11-7-8-12-22(20)29-16-23(27)26(3)19-9-5-4-6-10-19/h7-8,11-15,19H,4-6,9-10,16H2,1-3H3,(H,25,28). The first kappa shape index (κ1) is 21.4. The molecule has 0 aliphatic heterocycles. The summed E-state index contributed by atoms with van der Waals surface area (Å²) < 4.78 is 0. The van der Waals surface area contributed by atoms with Crippen LogP contribution in [0.1, 0.15) is 53.6 Å². The van der Waals surface area contributed by atoms with Crippen LogP contribution in [0.25, 0.3) is 0 Å². The number of carbonyl (C=O) groups is 2. The number of thioether (sulfide) groups is 1. The molecule has 1 aliphatic carbocycles. The van der Waals surface area contributed by atoms with Gasteiger partial charge in [-0.05, 0) is 56.0 Å². The predicted molar refractivity (Wildman–Crippen MR) is 121 cm³/mol. The molecule has 0 aromatic heterocycles. The van der Waals surface area contributed by atoms with Gasteiger partial charge >= 0.3 is 0 Å². The Hall–Kier alpha value is -2.27. The minimum absolute atomic E-state index is 0.131. The molecule has 0 unspecified atom stereocenters. The van der Waals surface area contributed by atoms with Crippen molar-refractivity contribution in [2.24, 2.45) is 0 Å². The fraction of sp³-hybridized carbons (Fsp3) is 0.417. The summed E-state index contributed by atoms with van der Waals surface area (Å²) in [5.74, 6) is 0.336. The van der Waals surface area contributed by atoms with Crippen LogP contribution in [0, 0.1) is 13.8 Å². The van der Waals surface area contributed by atoms with Gasteiger partial charge in [-0.1, -0.05) is 43.5 Å². The van der Waals surface area contributed by atoms with Gasteiger partial charge < -0.3 is 10.2 Å². The number of anilines is 1. The molecule has 2 aromatic carbocycles. The lowest BCUT2D eigenvalue weighted by Gasteiger charge is -2.31. The van der Waals surface area contributed by atoms with Crippen molar-refractivity contribution >= 4 is 29.3 Å². The van der Waals surface area contributed by atoms with E-state index in [1.54, 1.807) is 0 Å². The molecule has 29 heavy (non-hydrogen) atoms. The maximum atomic E-state index is 12.9. The highest BCUT2D eigenvalue weighted by Crippen LogP contribution is 2.27. The number of carbonyl (C=O) groups excluding carboxylic acids is 2. The van der Waals surface area contributed by atoms with Crippen molar-refractivity contribution in [1.82, 2.24) is 4.90 Å². The molecule has 0 heterocycles. The summed E-state index contributed by atoms with van der Waals surface area (Å²) in [5.41, 5.74) is 3.55. The Morgan fingerprint density at radius 3 is 2.55 bits per heavy atom. The van der Waals surface area contributed by atoms with E-state index >= 15 is 0 Å². The quantitative estimate of drug-likeness (QED) is 0.645. The van der Waals surface area contributed by atoms with Gasteiger partial charge in [-0.3, -0.25) is 9.59 Å². The van der Waals surface area contributed by atoms with Gasteiger partial charge in [0.05, 0.1) is 11.3 Å². The molecule has 1 N–H and O–H groups in total. The van der Waals surface area contributed by atoms with Crippen LogP contribution in [0.2, 0.25) is 0 Å². The van der Waals surface area contributed by atoms with Crippen LogP contribution in [0.5, 0.6) is 0 Å². The zero-order valence-corrected chi connectivity index (χ0v) is 18.3. The molecule has 0 radical (unpaired) electrons. The lowest BCUT2D eigenvalue weighted by atomic mass is 9.94. The zero-order chi connectivity index (χ0) is 20.8. The molecular weight excluding hydrogens is 380 g/mol. The molecule has 1 saturated carbocycles. The van der Waals surface area contributed by atoms with Crippen molar-refractivity contribution in [3.8, 4) is 0 Å². The molecule has 154 valence electrons. The number of amides is 2. The van der Waals surface area contributed by atoms with E-state index in [4.69, 9.17) is 0 Å². The van der Waals surface area contributed by atoms with Crippen molar-refractivity contribution in [1.29, 1.82) is 0 Å². The topological polar surface area (TPSA) is 49.4 Å². The summed E-state index contributed by atoms with van der Waals surface area (Å²) in [4.78, 5) is 28.3. The van der Waals surface area contributed by atoms with E-state index in [-0.39, 0.29) is 11.8 Å². The largest absolute Gasteiger partial charge is 0.342 e. The second-order valence-corrected chi connectivity index (χ2v) is 8.87. The van der Waals surface area contributed by atoms with Crippen molar-refractivity contribution in [2.45, 2.75) is 56.9 Å². The van der Waals surface area contributed by atoms with Crippen LogP contribution in [-0.4, -0.2) is 35.6 Å². The third kappa shape index (κ3) is 5.63. The van der Waals surface area contributed by atoms with E-state index < -0.39 is 0 Å². The minimum Gasteiger partial charge on any atom is -0.342 e. The van der Waals surface area contributed by atoms with Crippen LogP contribution in [0.15, 0.2) is 47.4 Å². The summed E-state index contributed by atoms with van der Waals surface area (Å²) in [5, 5.41) is 3.02. The minimum atomic E-state index is -0.144. The Morgan fingerprint density at radius 1 is 1.07 bits per heavy atom. The van der Waals surface area contributed by atoms with Gasteiger partial charge in [0.1, 0.15) is 0 Å². The van der Waals surface area contributed by atoms with Crippen molar-refractivity contribution in [3.63, 3.8) is 0 Å². The first-order valence-corrected chi connectivity index (χ1v) is 11.3. The normalized spacial score (nSPS) is 14.4. The Labute approximate surface area is 178 Å². The molecule has 5 heteroatoms. The van der Waals surface area contributed by atoms with Crippen LogP contribution >= 0.6 is 11.8 Å². The molecule has 1 fully saturated rings. The maximum absolute atomic E-state index is 12.9. The van der Waals surface area contributed by atoms with Gasteiger partial charge in [-0.15, -0.1) is 11.8 Å². The first-order chi connectivity index (χ1) is 14.0. The van der Waals surface area contributed by atoms with Crippen LogP contribution in [0.3, 0.4) is 0 Å². The monoisotopic (exact) mass is 410 g/mol. The zero-order valence-electron chi connectivity index (χ0n) is 17.5. The summed E-state index contributed by atoms with van der Waals surface area (Å²) in [6.45, 7) is 3.99. The Bertz CT molecular complexity index is 875. The van der Waals surface area contributed by atoms with Crippen molar-refractivity contribution in [2.75, 3.05) is 18.1 Å². The van der Waals surface area contributed by atoms with Crippen molar-refractivity contribution < 1.29 is 9.59 Å². The number of aryl methyl sites for hydroxylation is 2. The van der Waals surface area contributed by atoms with Crippen LogP contribution in [0.4, 0.5) is 5.69 Å².